The van der Waals surface area contributed by atoms with Crippen LogP contribution in [-0.2, 0) is 13.0 Å². The fraction of sp³-hybridized carbons (Fsp3) is 0.391. The zero-order chi connectivity index (χ0) is 21.9. The number of nitrogens with zero attached hydrogens (tertiary/aromatic N) is 5. The Balaban J connectivity index is 1.15. The number of ether oxygens (including phenoxy) is 1. The molecule has 3 aromatic heterocycles. The minimum atomic E-state index is -0.246. The van der Waals surface area contributed by atoms with Crippen LogP contribution in [0.5, 0.6) is 5.75 Å². The molecule has 7 nitrogen and oxygen atoms in total. The van der Waals surface area contributed by atoms with Crippen molar-refractivity contribution in [1.82, 2.24) is 29.8 Å². The second-order valence-corrected chi connectivity index (χ2v) is 8.94. The van der Waals surface area contributed by atoms with Gasteiger partial charge in [-0.3, -0.25) is 4.98 Å². The van der Waals surface area contributed by atoms with Gasteiger partial charge in [-0.1, -0.05) is 4.49 Å². The van der Waals surface area contributed by atoms with Crippen LogP contribution in [0.2, 0.25) is 0 Å². The monoisotopic (exact) mass is 452 g/mol. The van der Waals surface area contributed by atoms with Crippen LogP contribution >= 0.6 is 11.5 Å². The van der Waals surface area contributed by atoms with Crippen LogP contribution in [-0.4, -0.2) is 57.2 Å². The standard InChI is InChI=1S/C23H25FN6OS/c1-31-17-2-3-21-19(11-17)18(20(24)14-26-21)6-9-30-7-4-16(5-8-30)25-12-15-10-22-23(27-13-15)28-29-32-22/h2-3,10-11,13-14,16,25H,4-9,12H2,1H3. The first-order valence-electron chi connectivity index (χ1n) is 10.8. The molecule has 0 bridgehead atoms. The van der Waals surface area contributed by atoms with Gasteiger partial charge in [0, 0.05) is 36.3 Å². The van der Waals surface area contributed by atoms with Crippen LogP contribution in [0.1, 0.15) is 24.0 Å². The molecule has 1 N–H and O–H groups in total. The average Bonchev–Trinajstić information content (AvgIpc) is 3.30. The van der Waals surface area contributed by atoms with Crippen molar-refractivity contribution >= 4 is 32.8 Å². The van der Waals surface area contributed by atoms with E-state index >= 15 is 0 Å². The third-order valence-corrected chi connectivity index (χ3v) is 6.82. The van der Waals surface area contributed by atoms with Crippen LogP contribution in [0.15, 0.2) is 36.7 Å². The molecule has 1 aliphatic heterocycles. The number of aromatic nitrogens is 4. The van der Waals surface area contributed by atoms with Crippen LogP contribution in [0.4, 0.5) is 4.39 Å². The van der Waals surface area contributed by atoms with Gasteiger partial charge in [0.2, 0.25) is 0 Å². The first kappa shape index (κ1) is 21.1. The fourth-order valence-corrected chi connectivity index (χ4v) is 4.88. The van der Waals surface area contributed by atoms with Crippen LogP contribution in [0.25, 0.3) is 21.3 Å². The summed E-state index contributed by atoms with van der Waals surface area (Å²) in [5.74, 6) is 0.475. The molecule has 1 aliphatic rings. The molecular formula is C23H25FN6OS. The van der Waals surface area contributed by atoms with Gasteiger partial charge in [0.25, 0.3) is 0 Å². The van der Waals surface area contributed by atoms with E-state index in [2.05, 4.69) is 35.8 Å². The van der Waals surface area contributed by atoms with Crippen molar-refractivity contribution in [3.05, 3.63) is 53.6 Å². The maximum Gasteiger partial charge on any atom is 0.194 e. The maximum absolute atomic E-state index is 14.6. The largest absolute Gasteiger partial charge is 0.497 e. The van der Waals surface area contributed by atoms with Gasteiger partial charge < -0.3 is 15.0 Å². The molecule has 1 fully saturated rings. The summed E-state index contributed by atoms with van der Waals surface area (Å²) in [6, 6.07) is 8.21. The average molecular weight is 453 g/mol. The highest BCUT2D eigenvalue weighted by atomic mass is 32.1. The molecular weight excluding hydrogens is 427 g/mol. The maximum atomic E-state index is 14.6. The first-order valence-corrected chi connectivity index (χ1v) is 11.6. The third kappa shape index (κ3) is 4.55. The van der Waals surface area contributed by atoms with Crippen molar-refractivity contribution < 1.29 is 9.13 Å². The Kier molecular flexibility index (Phi) is 6.20. The lowest BCUT2D eigenvalue weighted by Crippen LogP contribution is -2.42. The molecule has 0 aliphatic carbocycles. The second-order valence-electron chi connectivity index (χ2n) is 8.15. The molecule has 9 heteroatoms. The molecule has 1 aromatic carbocycles. The number of piperidine rings is 1. The minimum absolute atomic E-state index is 0.246. The van der Waals surface area contributed by atoms with Gasteiger partial charge in [-0.2, -0.15) is 0 Å². The molecule has 0 spiro atoms. The van der Waals surface area contributed by atoms with Crippen LogP contribution in [0.3, 0.4) is 0 Å². The summed E-state index contributed by atoms with van der Waals surface area (Å²) in [6.07, 6.45) is 6.00. The molecule has 1 saturated heterocycles. The van der Waals surface area contributed by atoms with Gasteiger partial charge in [0.05, 0.1) is 23.5 Å². The Hall–Kier alpha value is -2.75. The Morgan fingerprint density at radius 2 is 2.06 bits per heavy atom. The second kappa shape index (κ2) is 9.40. The molecule has 0 atom stereocenters. The van der Waals surface area contributed by atoms with Crippen molar-refractivity contribution in [3.8, 4) is 5.75 Å². The number of hydrogen-bond donors (Lipinski definition) is 1. The van der Waals surface area contributed by atoms with Gasteiger partial charge >= 0.3 is 0 Å². The summed E-state index contributed by atoms with van der Waals surface area (Å²) >= 11 is 1.37. The van der Waals surface area contributed by atoms with E-state index in [1.165, 1.54) is 17.7 Å². The van der Waals surface area contributed by atoms with E-state index in [1.807, 2.05) is 24.4 Å². The summed E-state index contributed by atoms with van der Waals surface area (Å²) in [5, 5.41) is 8.47. The zero-order valence-corrected chi connectivity index (χ0v) is 18.7. The van der Waals surface area contributed by atoms with E-state index in [4.69, 9.17) is 4.74 Å². The summed E-state index contributed by atoms with van der Waals surface area (Å²) in [6.45, 7) is 3.63. The van der Waals surface area contributed by atoms with Crippen molar-refractivity contribution in [1.29, 1.82) is 0 Å². The third-order valence-electron chi connectivity index (χ3n) is 6.16. The van der Waals surface area contributed by atoms with Crippen LogP contribution in [0, 0.1) is 5.82 Å². The smallest absolute Gasteiger partial charge is 0.194 e. The molecule has 166 valence electrons. The van der Waals surface area contributed by atoms with E-state index in [1.54, 1.807) is 7.11 Å². The minimum Gasteiger partial charge on any atom is -0.497 e. The van der Waals surface area contributed by atoms with Crippen molar-refractivity contribution in [2.45, 2.75) is 31.8 Å². The van der Waals surface area contributed by atoms with Gasteiger partial charge in [-0.15, -0.1) is 5.10 Å². The molecule has 32 heavy (non-hydrogen) atoms. The lowest BCUT2D eigenvalue weighted by Gasteiger charge is -2.32. The highest BCUT2D eigenvalue weighted by Gasteiger charge is 2.20. The molecule has 0 radical (unpaired) electrons. The molecule has 4 aromatic rings. The number of halogens is 1. The number of methoxy groups -OCH3 is 1. The summed E-state index contributed by atoms with van der Waals surface area (Å²) in [5.41, 5.74) is 3.38. The number of likely N-dealkylation sites (tertiary alicyclic amines) is 1. The summed E-state index contributed by atoms with van der Waals surface area (Å²) in [7, 11) is 1.62. The van der Waals surface area contributed by atoms with Gasteiger partial charge in [-0.05, 0) is 73.7 Å². The lowest BCUT2D eigenvalue weighted by molar-refractivity contribution is 0.199. The lowest BCUT2D eigenvalue weighted by atomic mass is 10.0. The van der Waals surface area contributed by atoms with E-state index in [0.717, 1.165) is 71.5 Å². The van der Waals surface area contributed by atoms with E-state index < -0.39 is 0 Å². The highest BCUT2D eigenvalue weighted by molar-refractivity contribution is 7.12. The predicted octanol–water partition coefficient (Wildman–Crippen LogP) is 3.58. The number of hydrogen-bond acceptors (Lipinski definition) is 8. The number of pyridine rings is 2. The van der Waals surface area contributed by atoms with E-state index in [0.29, 0.717) is 18.1 Å². The van der Waals surface area contributed by atoms with Gasteiger partial charge in [0.1, 0.15) is 11.6 Å². The predicted molar refractivity (Wildman–Crippen MR) is 123 cm³/mol. The Morgan fingerprint density at radius 1 is 1.19 bits per heavy atom. The fourth-order valence-electron chi connectivity index (χ4n) is 4.30. The normalized spacial score (nSPS) is 15.6. The number of nitrogens with one attached hydrogen (secondary N) is 1. The number of rotatable bonds is 7. The topological polar surface area (TPSA) is 76.1 Å². The Morgan fingerprint density at radius 3 is 2.91 bits per heavy atom. The first-order chi connectivity index (χ1) is 15.7. The molecule has 0 saturated carbocycles. The van der Waals surface area contributed by atoms with Gasteiger partial charge in [-0.25, -0.2) is 9.37 Å². The van der Waals surface area contributed by atoms with Crippen molar-refractivity contribution in [3.63, 3.8) is 0 Å². The van der Waals surface area contributed by atoms with Crippen molar-refractivity contribution in [2.75, 3.05) is 26.7 Å². The Bertz CT molecular complexity index is 1220. The molecule has 0 amide bonds. The van der Waals surface area contributed by atoms with Crippen LogP contribution < -0.4 is 10.1 Å². The number of benzene rings is 1. The molecule has 0 unspecified atom stereocenters. The Labute approximate surface area is 189 Å². The number of fused-ring (bicyclic) bond motifs is 2. The summed E-state index contributed by atoms with van der Waals surface area (Å²) in [4.78, 5) is 11.0. The summed E-state index contributed by atoms with van der Waals surface area (Å²) < 4.78 is 24.8. The van der Waals surface area contributed by atoms with E-state index in [9.17, 15) is 4.39 Å². The van der Waals surface area contributed by atoms with Crippen molar-refractivity contribution in [2.24, 2.45) is 0 Å². The quantitative estimate of drug-likeness (QED) is 0.459. The van der Waals surface area contributed by atoms with Gasteiger partial charge in [0.15, 0.2) is 5.65 Å². The highest BCUT2D eigenvalue weighted by Crippen LogP contribution is 2.25. The zero-order valence-electron chi connectivity index (χ0n) is 17.9. The van der Waals surface area contributed by atoms with E-state index in [-0.39, 0.29) is 5.82 Å². The molecule has 4 heterocycles. The molecule has 5 rings (SSSR count). The SMILES string of the molecule is COc1ccc2ncc(F)c(CCN3CCC(NCc4cnc5nnsc5c4)CC3)c2c1.